The molecule has 1 fully saturated rings. The van der Waals surface area contributed by atoms with Gasteiger partial charge in [-0.1, -0.05) is 24.0 Å². The first kappa shape index (κ1) is 20.0. The molecule has 0 aromatic heterocycles. The molecule has 0 radical (unpaired) electrons. The summed E-state index contributed by atoms with van der Waals surface area (Å²) >= 11 is 6.61. The van der Waals surface area contributed by atoms with Crippen LogP contribution in [0.15, 0.2) is 41.3 Å². The number of thiocarbonyl (C=S) groups is 1. The van der Waals surface area contributed by atoms with Crippen LogP contribution in [0.4, 0.5) is 5.69 Å². The van der Waals surface area contributed by atoms with Crippen molar-refractivity contribution in [2.45, 2.75) is 6.92 Å². The van der Waals surface area contributed by atoms with Crippen LogP contribution in [0.25, 0.3) is 6.08 Å². The predicted octanol–water partition coefficient (Wildman–Crippen LogP) is 4.21. The Kier molecular flexibility index (Phi) is 6.11. The van der Waals surface area contributed by atoms with Gasteiger partial charge >= 0.3 is 0 Å². The van der Waals surface area contributed by atoms with E-state index in [-0.39, 0.29) is 23.2 Å². The summed E-state index contributed by atoms with van der Waals surface area (Å²) in [5, 5.41) is 10.0. The maximum Gasteiger partial charge on any atom is 0.270 e. The zero-order valence-electron chi connectivity index (χ0n) is 15.6. The molecule has 1 N–H and O–H groups in total. The largest absolute Gasteiger partial charge is 0.502 e. The highest BCUT2D eigenvalue weighted by Gasteiger charge is 2.33. The van der Waals surface area contributed by atoms with E-state index in [1.165, 1.54) is 30.9 Å². The van der Waals surface area contributed by atoms with Crippen LogP contribution < -0.4 is 19.1 Å². The highest BCUT2D eigenvalue weighted by molar-refractivity contribution is 8.27. The lowest BCUT2D eigenvalue weighted by Crippen LogP contribution is -2.27. The molecule has 28 heavy (non-hydrogen) atoms. The van der Waals surface area contributed by atoms with Crippen molar-refractivity contribution >= 4 is 46.0 Å². The van der Waals surface area contributed by atoms with Gasteiger partial charge in [-0.25, -0.2) is 0 Å². The van der Waals surface area contributed by atoms with E-state index >= 15 is 0 Å². The lowest BCUT2D eigenvalue weighted by Gasteiger charge is -2.15. The Balaban J connectivity index is 1.91. The molecule has 0 saturated carbocycles. The number of amides is 1. The first-order chi connectivity index (χ1) is 13.5. The summed E-state index contributed by atoms with van der Waals surface area (Å²) < 4.78 is 16.2. The number of nitrogens with zero attached hydrogens (tertiary/aromatic N) is 1. The van der Waals surface area contributed by atoms with Gasteiger partial charge in [0.15, 0.2) is 15.8 Å². The molecule has 6 nitrogen and oxygen atoms in total. The topological polar surface area (TPSA) is 68.2 Å². The van der Waals surface area contributed by atoms with Crippen LogP contribution in [-0.2, 0) is 4.79 Å². The number of phenols is 1. The molecule has 8 heteroatoms. The van der Waals surface area contributed by atoms with E-state index in [0.29, 0.717) is 27.1 Å². The molecule has 0 atom stereocenters. The summed E-state index contributed by atoms with van der Waals surface area (Å²) in [7, 11) is 2.90. The predicted molar refractivity (Wildman–Crippen MR) is 114 cm³/mol. The number of phenolic OH excluding ortho intramolecular Hbond substituents is 1. The van der Waals surface area contributed by atoms with Gasteiger partial charge in [0.05, 0.1) is 31.4 Å². The Morgan fingerprint density at radius 1 is 1.14 bits per heavy atom. The third-order valence-corrected chi connectivity index (χ3v) is 5.30. The van der Waals surface area contributed by atoms with Crippen LogP contribution in [0.2, 0.25) is 0 Å². The van der Waals surface area contributed by atoms with E-state index in [0.717, 1.165) is 5.75 Å². The normalized spacial score (nSPS) is 15.2. The fourth-order valence-corrected chi connectivity index (χ4v) is 4.00. The van der Waals surface area contributed by atoms with Crippen LogP contribution in [0.3, 0.4) is 0 Å². The second kappa shape index (κ2) is 8.53. The van der Waals surface area contributed by atoms with Crippen molar-refractivity contribution in [2.75, 3.05) is 25.7 Å². The zero-order chi connectivity index (χ0) is 20.3. The minimum Gasteiger partial charge on any atom is -0.502 e. The number of ether oxygens (including phenoxy) is 3. The van der Waals surface area contributed by atoms with Crippen molar-refractivity contribution in [3.8, 4) is 23.0 Å². The standard InChI is InChI=1S/C20H19NO5S2/c1-4-26-14-7-5-13(6-8-14)21-19(23)17(28-20(21)27)11-12-9-15(24-2)18(22)16(10-12)25-3/h5-11,22H,4H2,1-3H3/b17-11-. The number of aromatic hydroxyl groups is 1. The first-order valence-corrected chi connectivity index (χ1v) is 9.66. The van der Waals surface area contributed by atoms with E-state index in [1.807, 2.05) is 6.92 Å². The van der Waals surface area contributed by atoms with Gasteiger partial charge in [-0.15, -0.1) is 0 Å². The van der Waals surface area contributed by atoms with Crippen LogP contribution >= 0.6 is 24.0 Å². The van der Waals surface area contributed by atoms with Crippen molar-refractivity contribution in [3.05, 3.63) is 46.9 Å². The molecule has 0 aliphatic carbocycles. The number of carbonyl (C=O) groups excluding carboxylic acids is 1. The SMILES string of the molecule is CCOc1ccc(N2C(=O)/C(=C/c3cc(OC)c(O)c(OC)c3)SC2=S)cc1. The Bertz CT molecular complexity index is 915. The first-order valence-electron chi connectivity index (χ1n) is 8.44. The fourth-order valence-electron chi connectivity index (χ4n) is 2.70. The van der Waals surface area contributed by atoms with Crippen molar-refractivity contribution in [1.82, 2.24) is 0 Å². The monoisotopic (exact) mass is 417 g/mol. The average molecular weight is 418 g/mol. The second-order valence-corrected chi connectivity index (χ2v) is 7.39. The Morgan fingerprint density at radius 2 is 1.75 bits per heavy atom. The second-order valence-electron chi connectivity index (χ2n) is 5.72. The minimum absolute atomic E-state index is 0.0934. The maximum atomic E-state index is 12.9. The van der Waals surface area contributed by atoms with Crippen molar-refractivity contribution in [3.63, 3.8) is 0 Å². The number of thioether (sulfide) groups is 1. The summed E-state index contributed by atoms with van der Waals surface area (Å²) in [5.74, 6) is 0.935. The highest BCUT2D eigenvalue weighted by atomic mass is 32.2. The van der Waals surface area contributed by atoms with Gasteiger partial charge in [0.2, 0.25) is 5.75 Å². The maximum absolute atomic E-state index is 12.9. The molecule has 2 aromatic carbocycles. The number of benzene rings is 2. The van der Waals surface area contributed by atoms with Crippen LogP contribution in [-0.4, -0.2) is 36.2 Å². The summed E-state index contributed by atoms with van der Waals surface area (Å²) in [5.41, 5.74) is 1.33. The van der Waals surface area contributed by atoms with E-state index in [2.05, 4.69) is 0 Å². The summed E-state index contributed by atoms with van der Waals surface area (Å²) in [6.45, 7) is 2.48. The van der Waals surface area contributed by atoms with Crippen molar-refractivity contribution in [2.24, 2.45) is 0 Å². The highest BCUT2D eigenvalue weighted by Crippen LogP contribution is 2.40. The third-order valence-electron chi connectivity index (χ3n) is 4.00. The van der Waals surface area contributed by atoms with Gasteiger partial charge in [-0.05, 0) is 55.0 Å². The van der Waals surface area contributed by atoms with Gasteiger partial charge in [0.1, 0.15) is 5.75 Å². The number of methoxy groups -OCH3 is 2. The van der Waals surface area contributed by atoms with Crippen LogP contribution in [0, 0.1) is 0 Å². The van der Waals surface area contributed by atoms with Crippen molar-refractivity contribution in [1.29, 1.82) is 0 Å². The van der Waals surface area contributed by atoms with Crippen molar-refractivity contribution < 1.29 is 24.1 Å². The number of carbonyl (C=O) groups is 1. The molecule has 1 heterocycles. The summed E-state index contributed by atoms with van der Waals surface area (Å²) in [4.78, 5) is 14.9. The van der Waals surface area contributed by atoms with Gasteiger partial charge in [-0.3, -0.25) is 9.69 Å². The summed E-state index contributed by atoms with van der Waals surface area (Å²) in [6.07, 6.45) is 1.69. The number of anilines is 1. The number of hydrogen-bond acceptors (Lipinski definition) is 7. The average Bonchev–Trinajstić information content (AvgIpc) is 2.97. The molecule has 3 rings (SSSR count). The lowest BCUT2D eigenvalue weighted by atomic mass is 10.1. The lowest BCUT2D eigenvalue weighted by molar-refractivity contribution is -0.113. The van der Waals surface area contributed by atoms with Gasteiger partial charge in [0.25, 0.3) is 5.91 Å². The number of hydrogen-bond donors (Lipinski definition) is 1. The van der Waals surface area contributed by atoms with E-state index in [1.54, 1.807) is 42.5 Å². The quantitative estimate of drug-likeness (QED) is 0.558. The smallest absolute Gasteiger partial charge is 0.270 e. The molecule has 2 aromatic rings. The molecule has 1 aliphatic heterocycles. The van der Waals surface area contributed by atoms with Crippen LogP contribution in [0.1, 0.15) is 12.5 Å². The number of rotatable bonds is 6. The molecular weight excluding hydrogens is 398 g/mol. The van der Waals surface area contributed by atoms with Gasteiger partial charge < -0.3 is 19.3 Å². The molecule has 0 unspecified atom stereocenters. The molecule has 146 valence electrons. The Morgan fingerprint density at radius 3 is 2.29 bits per heavy atom. The molecule has 1 saturated heterocycles. The summed E-state index contributed by atoms with van der Waals surface area (Å²) in [6, 6.07) is 10.5. The Hall–Kier alpha value is -2.71. The van der Waals surface area contributed by atoms with Crippen LogP contribution in [0.5, 0.6) is 23.0 Å². The van der Waals surface area contributed by atoms with Gasteiger partial charge in [0, 0.05) is 0 Å². The van der Waals surface area contributed by atoms with Gasteiger partial charge in [-0.2, -0.15) is 0 Å². The van der Waals surface area contributed by atoms with E-state index in [9.17, 15) is 9.90 Å². The van der Waals surface area contributed by atoms with E-state index in [4.69, 9.17) is 26.4 Å². The zero-order valence-corrected chi connectivity index (χ0v) is 17.2. The molecular formula is C20H19NO5S2. The molecule has 0 spiro atoms. The van der Waals surface area contributed by atoms with E-state index < -0.39 is 0 Å². The fraction of sp³-hybridized carbons (Fsp3) is 0.200. The molecule has 0 bridgehead atoms. The molecule has 1 aliphatic rings. The Labute approximate surface area is 172 Å². The molecule has 1 amide bonds. The third kappa shape index (κ3) is 3.93. The minimum atomic E-state index is -0.217.